The normalized spacial score (nSPS) is 18.7. The lowest BCUT2D eigenvalue weighted by atomic mass is 10.0. The number of pyridine rings is 1. The van der Waals surface area contributed by atoms with Crippen LogP contribution in [-0.2, 0) is 19.3 Å². The molecule has 1 fully saturated rings. The maximum absolute atomic E-state index is 12.8. The minimum absolute atomic E-state index is 0.111. The van der Waals surface area contributed by atoms with E-state index >= 15 is 0 Å². The van der Waals surface area contributed by atoms with Crippen molar-refractivity contribution in [2.24, 2.45) is 0 Å². The molecule has 4 heterocycles. The lowest BCUT2D eigenvalue weighted by Gasteiger charge is -2.41. The van der Waals surface area contributed by atoms with Crippen LogP contribution in [0, 0.1) is 0 Å². The van der Waals surface area contributed by atoms with Gasteiger partial charge in [0.25, 0.3) is 0 Å². The Morgan fingerprint density at radius 2 is 2.03 bits per heavy atom. The van der Waals surface area contributed by atoms with E-state index < -0.39 is 17.8 Å². The maximum Gasteiger partial charge on any atom is 0.417 e. The first kappa shape index (κ1) is 23.1. The van der Waals surface area contributed by atoms with Gasteiger partial charge < -0.3 is 20.1 Å². The number of halogens is 3. The second-order valence-corrected chi connectivity index (χ2v) is 8.49. The Morgan fingerprint density at radius 1 is 1.17 bits per heavy atom. The van der Waals surface area contributed by atoms with Gasteiger partial charge >= 0.3 is 12.3 Å². The number of carbonyl (C=O) groups excluding carboxylic acids is 1. The Balaban J connectivity index is 1.29. The molecule has 0 radical (unpaired) electrons. The zero-order chi connectivity index (χ0) is 24.6. The summed E-state index contributed by atoms with van der Waals surface area (Å²) in [4.78, 5) is 19.4. The van der Waals surface area contributed by atoms with Crippen molar-refractivity contribution in [3.63, 3.8) is 0 Å². The molecule has 0 bridgehead atoms. The van der Waals surface area contributed by atoms with E-state index in [2.05, 4.69) is 25.4 Å². The zero-order valence-corrected chi connectivity index (χ0v) is 18.5. The molecule has 1 saturated heterocycles. The number of rotatable bonds is 5. The van der Waals surface area contributed by atoms with Crippen LogP contribution in [0.2, 0.25) is 0 Å². The molecule has 0 spiro atoms. The topological polar surface area (TPSA) is 107 Å². The van der Waals surface area contributed by atoms with Gasteiger partial charge in [0.05, 0.1) is 30.1 Å². The van der Waals surface area contributed by atoms with E-state index in [1.54, 1.807) is 12.3 Å². The lowest BCUT2D eigenvalue weighted by Crippen LogP contribution is -2.54. The van der Waals surface area contributed by atoms with E-state index in [4.69, 9.17) is 4.74 Å². The fourth-order valence-corrected chi connectivity index (χ4v) is 4.40. The number of aliphatic hydroxyl groups is 1. The highest BCUT2D eigenvalue weighted by molar-refractivity contribution is 5.74. The number of ether oxygens (including phenoxy) is 1. The Morgan fingerprint density at radius 3 is 2.77 bits per heavy atom. The van der Waals surface area contributed by atoms with Gasteiger partial charge in [-0.2, -0.15) is 18.3 Å². The van der Waals surface area contributed by atoms with Crippen molar-refractivity contribution < 1.29 is 27.8 Å². The summed E-state index contributed by atoms with van der Waals surface area (Å²) < 4.78 is 43.7. The Hall–Kier alpha value is -3.64. The summed E-state index contributed by atoms with van der Waals surface area (Å²) in [6.45, 7) is 2.35. The number of fused-ring (bicyclic) bond motifs is 1. The Kier molecular flexibility index (Phi) is 6.07. The Bertz CT molecular complexity index is 1210. The molecule has 12 heteroatoms. The third-order valence-corrected chi connectivity index (χ3v) is 6.28. The summed E-state index contributed by atoms with van der Waals surface area (Å²) in [6, 6.07) is 7.69. The summed E-state index contributed by atoms with van der Waals surface area (Å²) in [7, 11) is 0. The third kappa shape index (κ3) is 4.80. The Labute approximate surface area is 198 Å². The highest BCUT2D eigenvalue weighted by Gasteiger charge is 2.32. The predicted octanol–water partition coefficient (Wildman–Crippen LogP) is 2.78. The minimum Gasteiger partial charge on any atom is -0.410 e. The summed E-state index contributed by atoms with van der Waals surface area (Å²) in [5.41, 5.74) is 2.72. The third-order valence-electron chi connectivity index (χ3n) is 6.28. The first-order valence-electron chi connectivity index (χ1n) is 11.1. The van der Waals surface area contributed by atoms with E-state index in [0.717, 1.165) is 34.6 Å². The zero-order valence-electron chi connectivity index (χ0n) is 18.5. The van der Waals surface area contributed by atoms with Crippen LogP contribution in [0.15, 0.2) is 42.7 Å². The van der Waals surface area contributed by atoms with Gasteiger partial charge in [-0.05, 0) is 30.3 Å². The molecule has 9 nitrogen and oxygen atoms in total. The van der Waals surface area contributed by atoms with E-state index in [1.807, 2.05) is 17.0 Å². The number of alkyl halides is 3. The first-order valence-corrected chi connectivity index (χ1v) is 11.1. The van der Waals surface area contributed by atoms with Gasteiger partial charge in [0.2, 0.25) is 0 Å². The van der Waals surface area contributed by atoms with Crippen molar-refractivity contribution in [2.45, 2.75) is 25.3 Å². The summed E-state index contributed by atoms with van der Waals surface area (Å²) >= 11 is 0. The molecular weight excluding hydrogens is 465 g/mol. The molecule has 3 N–H and O–H groups in total. The monoisotopic (exact) mass is 488 g/mol. The molecule has 1 amide bonds. The number of H-pyrrole nitrogens is 1. The molecule has 2 aliphatic rings. The summed E-state index contributed by atoms with van der Waals surface area (Å²) in [5, 5.41) is 19.9. The standard InChI is InChI=1S/C23H23F3N6O3/c24-23(25,26)17-2-4-20(27-10-17)32-6-5-31(18(12-32)13-33)11-16-9-29-30-21(16)14-1-3-19-15(7-14)8-28-22(34)35-19/h1-4,7,9-10,18,33H,5-6,8,11-13H2,(H,28,34)(H,29,30)/t18-/m0/s1. The average Bonchev–Trinajstić information content (AvgIpc) is 3.31. The van der Waals surface area contributed by atoms with Gasteiger partial charge in [-0.1, -0.05) is 0 Å². The highest BCUT2D eigenvalue weighted by Crippen LogP contribution is 2.31. The number of amides is 1. The van der Waals surface area contributed by atoms with E-state index in [0.29, 0.717) is 44.3 Å². The minimum atomic E-state index is -4.43. The molecule has 5 rings (SSSR count). The molecule has 1 aromatic carbocycles. The van der Waals surface area contributed by atoms with E-state index in [1.165, 1.54) is 6.07 Å². The molecule has 0 unspecified atom stereocenters. The number of nitrogens with one attached hydrogen (secondary N) is 2. The van der Waals surface area contributed by atoms with Crippen molar-refractivity contribution in [1.82, 2.24) is 25.4 Å². The summed E-state index contributed by atoms with van der Waals surface area (Å²) in [6.07, 6.45) is -2.33. The van der Waals surface area contributed by atoms with Crippen LogP contribution >= 0.6 is 0 Å². The van der Waals surface area contributed by atoms with Gasteiger partial charge in [0, 0.05) is 55.6 Å². The van der Waals surface area contributed by atoms with Crippen molar-refractivity contribution in [1.29, 1.82) is 0 Å². The predicted molar refractivity (Wildman–Crippen MR) is 120 cm³/mol. The van der Waals surface area contributed by atoms with Crippen LogP contribution in [0.25, 0.3) is 11.3 Å². The largest absolute Gasteiger partial charge is 0.417 e. The van der Waals surface area contributed by atoms with Crippen molar-refractivity contribution in [2.75, 3.05) is 31.1 Å². The molecular formula is C23H23F3N6O3. The number of piperazine rings is 1. The number of benzene rings is 1. The number of aromatic nitrogens is 3. The van der Waals surface area contributed by atoms with Gasteiger partial charge in [0.15, 0.2) is 0 Å². The fourth-order valence-electron chi connectivity index (χ4n) is 4.40. The second-order valence-electron chi connectivity index (χ2n) is 8.49. The number of anilines is 1. The van der Waals surface area contributed by atoms with Crippen LogP contribution in [0.1, 0.15) is 16.7 Å². The van der Waals surface area contributed by atoms with Crippen molar-refractivity contribution in [3.05, 3.63) is 59.4 Å². The van der Waals surface area contributed by atoms with Gasteiger partial charge in [-0.15, -0.1) is 0 Å². The van der Waals surface area contributed by atoms with Crippen molar-refractivity contribution in [3.8, 4) is 17.0 Å². The molecule has 2 aromatic heterocycles. The molecule has 35 heavy (non-hydrogen) atoms. The molecule has 184 valence electrons. The van der Waals surface area contributed by atoms with Crippen molar-refractivity contribution >= 4 is 11.9 Å². The number of hydrogen-bond donors (Lipinski definition) is 3. The number of aromatic amines is 1. The number of aliphatic hydroxyl groups excluding tert-OH is 1. The van der Waals surface area contributed by atoms with E-state index in [9.17, 15) is 23.1 Å². The molecule has 3 aromatic rings. The van der Waals surface area contributed by atoms with Gasteiger partial charge in [0.1, 0.15) is 11.6 Å². The number of hydrogen-bond acceptors (Lipinski definition) is 7. The van der Waals surface area contributed by atoms with Crippen LogP contribution < -0.4 is 15.0 Å². The maximum atomic E-state index is 12.8. The quantitative estimate of drug-likeness (QED) is 0.507. The molecule has 0 saturated carbocycles. The SMILES string of the molecule is O=C1NCc2cc(-c3[nH]ncc3CN3CCN(c4ccc(C(F)(F)F)cn4)C[C@H]3CO)ccc2O1. The van der Waals surface area contributed by atoms with Gasteiger partial charge in [-0.25, -0.2) is 9.78 Å². The van der Waals surface area contributed by atoms with Crippen LogP contribution in [0.5, 0.6) is 5.75 Å². The smallest absolute Gasteiger partial charge is 0.410 e. The molecule has 0 aliphatic carbocycles. The first-order chi connectivity index (χ1) is 16.8. The van der Waals surface area contributed by atoms with Crippen LogP contribution in [-0.4, -0.2) is 63.6 Å². The molecule has 2 aliphatic heterocycles. The average molecular weight is 488 g/mol. The fraction of sp³-hybridized carbons (Fsp3) is 0.348. The number of nitrogens with zero attached hydrogens (tertiary/aromatic N) is 4. The second kappa shape index (κ2) is 9.19. The van der Waals surface area contributed by atoms with E-state index in [-0.39, 0.29) is 12.6 Å². The molecule has 1 atom stereocenters. The highest BCUT2D eigenvalue weighted by atomic mass is 19.4. The number of carbonyl (C=O) groups is 1. The van der Waals surface area contributed by atoms with Crippen LogP contribution in [0.4, 0.5) is 23.8 Å². The van der Waals surface area contributed by atoms with Gasteiger partial charge in [-0.3, -0.25) is 10.00 Å². The lowest BCUT2D eigenvalue weighted by molar-refractivity contribution is -0.137. The van der Waals surface area contributed by atoms with Crippen LogP contribution in [0.3, 0.4) is 0 Å². The summed E-state index contributed by atoms with van der Waals surface area (Å²) in [5.74, 6) is 0.968.